The summed E-state index contributed by atoms with van der Waals surface area (Å²) in [7, 11) is 0. The van der Waals surface area contributed by atoms with Crippen molar-refractivity contribution in [1.29, 1.82) is 0 Å². The van der Waals surface area contributed by atoms with Crippen LogP contribution in [0.15, 0.2) is 24.3 Å². The van der Waals surface area contributed by atoms with Gasteiger partial charge in [0.25, 0.3) is 0 Å². The van der Waals surface area contributed by atoms with Crippen molar-refractivity contribution < 1.29 is 14.6 Å². The summed E-state index contributed by atoms with van der Waals surface area (Å²) < 4.78 is 5.81. The molecule has 1 aromatic carbocycles. The molecule has 1 aliphatic rings. The maximum absolute atomic E-state index is 10.5. The molecule has 1 aliphatic carbocycles. The second-order valence-electron chi connectivity index (χ2n) is 5.35. The van der Waals surface area contributed by atoms with Crippen LogP contribution in [0.4, 0.5) is 0 Å². The minimum absolute atomic E-state index is 0.183. The molecule has 0 spiro atoms. The summed E-state index contributed by atoms with van der Waals surface area (Å²) in [6, 6.07) is 7.80. The molecule has 1 saturated carbocycles. The van der Waals surface area contributed by atoms with Gasteiger partial charge in [0, 0.05) is 6.42 Å². The van der Waals surface area contributed by atoms with Crippen molar-refractivity contribution in [3.05, 3.63) is 29.8 Å². The molecule has 3 nitrogen and oxygen atoms in total. The Morgan fingerprint density at radius 3 is 2.47 bits per heavy atom. The number of carboxylic acids is 1. The zero-order valence-electron chi connectivity index (χ0n) is 11.3. The number of benzene rings is 1. The Kier molecular flexibility index (Phi) is 5.25. The molecule has 2 rings (SSSR count). The summed E-state index contributed by atoms with van der Waals surface area (Å²) in [4.78, 5) is 10.5. The average molecular weight is 262 g/mol. The van der Waals surface area contributed by atoms with Crippen LogP contribution in [0.2, 0.25) is 0 Å². The molecule has 1 aromatic rings. The standard InChI is InChI=1S/C16H22O3/c17-16(18)11-8-13-6-9-15(10-7-13)19-12-14-4-2-1-3-5-14/h6-7,9-10,14H,1-5,8,11-12H2,(H,17,18). The van der Waals surface area contributed by atoms with Crippen molar-refractivity contribution in [2.24, 2.45) is 5.92 Å². The Bertz CT molecular complexity index is 391. The molecule has 0 aromatic heterocycles. The second kappa shape index (κ2) is 7.17. The molecule has 0 atom stereocenters. The second-order valence-corrected chi connectivity index (χ2v) is 5.35. The highest BCUT2D eigenvalue weighted by Gasteiger charge is 2.13. The first-order chi connectivity index (χ1) is 9.24. The maximum atomic E-state index is 10.5. The first-order valence-corrected chi connectivity index (χ1v) is 7.17. The molecule has 1 fully saturated rings. The summed E-state index contributed by atoms with van der Waals surface area (Å²) in [5.41, 5.74) is 1.05. The van der Waals surface area contributed by atoms with Gasteiger partial charge in [0.05, 0.1) is 6.61 Å². The van der Waals surface area contributed by atoms with Gasteiger partial charge in [0.1, 0.15) is 5.75 Å². The van der Waals surface area contributed by atoms with E-state index in [1.165, 1.54) is 32.1 Å². The Hall–Kier alpha value is -1.51. The van der Waals surface area contributed by atoms with Crippen LogP contribution in [0.3, 0.4) is 0 Å². The number of aryl methyl sites for hydroxylation is 1. The first kappa shape index (κ1) is 13.9. The number of aliphatic carboxylic acids is 1. The van der Waals surface area contributed by atoms with Crippen LogP contribution in [0.1, 0.15) is 44.1 Å². The van der Waals surface area contributed by atoms with E-state index in [2.05, 4.69) is 0 Å². The van der Waals surface area contributed by atoms with Gasteiger partial charge < -0.3 is 9.84 Å². The van der Waals surface area contributed by atoms with Crippen LogP contribution in [0, 0.1) is 5.92 Å². The minimum atomic E-state index is -0.752. The predicted octanol–water partition coefficient (Wildman–Crippen LogP) is 3.66. The van der Waals surface area contributed by atoms with E-state index in [-0.39, 0.29) is 6.42 Å². The van der Waals surface area contributed by atoms with Gasteiger partial charge in [-0.05, 0) is 42.9 Å². The highest BCUT2D eigenvalue weighted by atomic mass is 16.5. The highest BCUT2D eigenvalue weighted by molar-refractivity contribution is 5.67. The van der Waals surface area contributed by atoms with Gasteiger partial charge in [-0.2, -0.15) is 0 Å². The molecule has 0 unspecified atom stereocenters. The zero-order chi connectivity index (χ0) is 13.5. The number of hydrogen-bond donors (Lipinski definition) is 1. The molecule has 0 bridgehead atoms. The Balaban J connectivity index is 1.76. The van der Waals surface area contributed by atoms with E-state index in [0.29, 0.717) is 12.3 Å². The molecule has 19 heavy (non-hydrogen) atoms. The van der Waals surface area contributed by atoms with Gasteiger partial charge in [-0.15, -0.1) is 0 Å². The van der Waals surface area contributed by atoms with Crippen LogP contribution in [0.5, 0.6) is 5.75 Å². The van der Waals surface area contributed by atoms with Gasteiger partial charge in [-0.3, -0.25) is 4.79 Å². The van der Waals surface area contributed by atoms with Gasteiger partial charge in [0.15, 0.2) is 0 Å². The lowest BCUT2D eigenvalue weighted by Crippen LogP contribution is -2.15. The van der Waals surface area contributed by atoms with E-state index in [9.17, 15) is 4.79 Å². The average Bonchev–Trinajstić information content (AvgIpc) is 2.45. The topological polar surface area (TPSA) is 46.5 Å². The van der Waals surface area contributed by atoms with Gasteiger partial charge in [-0.1, -0.05) is 31.4 Å². The lowest BCUT2D eigenvalue weighted by molar-refractivity contribution is -0.136. The fourth-order valence-electron chi connectivity index (χ4n) is 2.57. The van der Waals surface area contributed by atoms with E-state index < -0.39 is 5.97 Å². The number of carboxylic acid groups (broad SMARTS) is 1. The van der Waals surface area contributed by atoms with Crippen molar-refractivity contribution in [1.82, 2.24) is 0 Å². The van der Waals surface area contributed by atoms with Crippen LogP contribution >= 0.6 is 0 Å². The molecule has 3 heteroatoms. The van der Waals surface area contributed by atoms with Gasteiger partial charge in [0.2, 0.25) is 0 Å². The summed E-state index contributed by atoms with van der Waals surface area (Å²) >= 11 is 0. The minimum Gasteiger partial charge on any atom is -0.493 e. The number of carbonyl (C=O) groups is 1. The third kappa shape index (κ3) is 4.93. The number of rotatable bonds is 6. The van der Waals surface area contributed by atoms with E-state index >= 15 is 0 Å². The lowest BCUT2D eigenvalue weighted by atomic mass is 9.90. The third-order valence-electron chi connectivity index (χ3n) is 3.76. The van der Waals surface area contributed by atoms with Crippen molar-refractivity contribution in [2.75, 3.05) is 6.61 Å². The van der Waals surface area contributed by atoms with E-state index in [4.69, 9.17) is 9.84 Å². The van der Waals surface area contributed by atoms with Crippen LogP contribution in [-0.4, -0.2) is 17.7 Å². The Labute approximate surface area is 114 Å². The lowest BCUT2D eigenvalue weighted by Gasteiger charge is -2.21. The molecule has 0 saturated heterocycles. The molecular weight excluding hydrogens is 240 g/mol. The molecule has 0 aliphatic heterocycles. The molecule has 0 radical (unpaired) electrons. The summed E-state index contributed by atoms with van der Waals surface area (Å²) in [5.74, 6) is 0.850. The van der Waals surface area contributed by atoms with E-state index in [1.807, 2.05) is 24.3 Å². The quantitative estimate of drug-likeness (QED) is 0.851. The van der Waals surface area contributed by atoms with Crippen LogP contribution in [0.25, 0.3) is 0 Å². The summed E-state index contributed by atoms with van der Waals surface area (Å²) in [5, 5.41) is 8.63. The monoisotopic (exact) mass is 262 g/mol. The summed E-state index contributed by atoms with van der Waals surface area (Å²) in [6.07, 6.45) is 7.38. The fourth-order valence-corrected chi connectivity index (χ4v) is 2.57. The maximum Gasteiger partial charge on any atom is 0.303 e. The third-order valence-corrected chi connectivity index (χ3v) is 3.76. The predicted molar refractivity (Wildman–Crippen MR) is 74.5 cm³/mol. The smallest absolute Gasteiger partial charge is 0.303 e. The molecule has 1 N–H and O–H groups in total. The molecular formula is C16H22O3. The number of ether oxygens (including phenoxy) is 1. The van der Waals surface area contributed by atoms with E-state index in [0.717, 1.165) is 17.9 Å². The van der Waals surface area contributed by atoms with Crippen LogP contribution < -0.4 is 4.74 Å². The van der Waals surface area contributed by atoms with E-state index in [1.54, 1.807) is 0 Å². The summed E-state index contributed by atoms with van der Waals surface area (Å²) in [6.45, 7) is 0.814. The molecule has 0 amide bonds. The van der Waals surface area contributed by atoms with Crippen molar-refractivity contribution >= 4 is 5.97 Å². The van der Waals surface area contributed by atoms with Crippen molar-refractivity contribution in [2.45, 2.75) is 44.9 Å². The fraction of sp³-hybridized carbons (Fsp3) is 0.562. The number of hydrogen-bond acceptors (Lipinski definition) is 2. The molecule has 0 heterocycles. The highest BCUT2D eigenvalue weighted by Crippen LogP contribution is 2.24. The largest absolute Gasteiger partial charge is 0.493 e. The zero-order valence-corrected chi connectivity index (χ0v) is 11.3. The Morgan fingerprint density at radius 1 is 1.16 bits per heavy atom. The van der Waals surface area contributed by atoms with Gasteiger partial charge in [-0.25, -0.2) is 0 Å². The first-order valence-electron chi connectivity index (χ1n) is 7.17. The SMILES string of the molecule is O=C(O)CCc1ccc(OCC2CCCCC2)cc1. The van der Waals surface area contributed by atoms with Crippen LogP contribution in [-0.2, 0) is 11.2 Å². The Morgan fingerprint density at radius 2 is 1.84 bits per heavy atom. The van der Waals surface area contributed by atoms with Gasteiger partial charge >= 0.3 is 5.97 Å². The van der Waals surface area contributed by atoms with Crippen molar-refractivity contribution in [3.63, 3.8) is 0 Å². The molecule has 104 valence electrons. The van der Waals surface area contributed by atoms with Crippen molar-refractivity contribution in [3.8, 4) is 5.75 Å². The normalized spacial score (nSPS) is 16.2.